The second-order valence-electron chi connectivity index (χ2n) is 6.12. The Morgan fingerprint density at radius 2 is 2.13 bits per heavy atom. The summed E-state index contributed by atoms with van der Waals surface area (Å²) in [5.41, 5.74) is 1.60. The van der Waals surface area contributed by atoms with E-state index in [2.05, 4.69) is 4.98 Å². The fourth-order valence-corrected chi connectivity index (χ4v) is 2.78. The molecule has 1 unspecified atom stereocenters. The minimum Gasteiger partial charge on any atom is -0.466 e. The third-order valence-electron chi connectivity index (χ3n) is 4.21. The zero-order chi connectivity index (χ0) is 16.4. The number of hydrogen-bond donors (Lipinski definition) is 1. The fourth-order valence-electron chi connectivity index (χ4n) is 2.78. The van der Waals surface area contributed by atoms with Gasteiger partial charge in [0, 0.05) is 29.9 Å². The lowest BCUT2D eigenvalue weighted by atomic mass is 10.1. The number of aromatic nitrogens is 1. The summed E-state index contributed by atoms with van der Waals surface area (Å²) in [6.07, 6.45) is 3.87. The van der Waals surface area contributed by atoms with Gasteiger partial charge in [0.1, 0.15) is 0 Å². The van der Waals surface area contributed by atoms with E-state index in [1.54, 1.807) is 6.92 Å². The van der Waals surface area contributed by atoms with Gasteiger partial charge < -0.3 is 14.6 Å². The number of benzene rings is 1. The molecule has 0 radical (unpaired) electrons. The van der Waals surface area contributed by atoms with Crippen molar-refractivity contribution < 1.29 is 14.3 Å². The van der Waals surface area contributed by atoms with E-state index in [0.717, 1.165) is 23.7 Å². The van der Waals surface area contributed by atoms with Crippen LogP contribution >= 0.6 is 0 Å². The Morgan fingerprint density at radius 1 is 1.35 bits per heavy atom. The first-order chi connectivity index (χ1) is 11.1. The minimum absolute atomic E-state index is 0.0138. The highest BCUT2D eigenvalue weighted by molar-refractivity contribution is 5.98. The number of carbonyl (C=O) groups is 2. The smallest absolute Gasteiger partial charge is 0.310 e. The summed E-state index contributed by atoms with van der Waals surface area (Å²) in [5.74, 6) is -0.570. The van der Waals surface area contributed by atoms with Crippen molar-refractivity contribution in [1.29, 1.82) is 0 Å². The van der Waals surface area contributed by atoms with E-state index in [1.165, 1.54) is 0 Å². The maximum atomic E-state index is 12.9. The van der Waals surface area contributed by atoms with Crippen molar-refractivity contribution in [3.8, 4) is 0 Å². The molecular formula is C18H22N2O3. The van der Waals surface area contributed by atoms with Crippen LogP contribution in [0.25, 0.3) is 10.9 Å². The normalized spacial score (nSPS) is 15.4. The standard InChI is InChI=1S/C18H22N2O3/c1-3-23-18(22)12(2)11-20(15-6-7-15)17(21)14-5-4-13-8-9-19-16(13)10-14/h4-5,8-10,12,15,19H,3,6-7,11H2,1-2H3. The lowest BCUT2D eigenvalue weighted by Gasteiger charge is -2.25. The molecule has 5 heteroatoms. The van der Waals surface area contributed by atoms with E-state index >= 15 is 0 Å². The van der Waals surface area contributed by atoms with Gasteiger partial charge in [0.25, 0.3) is 5.91 Å². The van der Waals surface area contributed by atoms with Crippen molar-refractivity contribution in [2.24, 2.45) is 5.92 Å². The van der Waals surface area contributed by atoms with Gasteiger partial charge in [-0.3, -0.25) is 9.59 Å². The molecule has 1 aromatic heterocycles. The molecule has 122 valence electrons. The molecule has 1 fully saturated rings. The van der Waals surface area contributed by atoms with Gasteiger partial charge in [-0.05, 0) is 43.4 Å². The molecule has 3 rings (SSSR count). The van der Waals surface area contributed by atoms with E-state index in [0.29, 0.717) is 18.7 Å². The molecule has 2 aromatic rings. The third-order valence-corrected chi connectivity index (χ3v) is 4.21. The average molecular weight is 314 g/mol. The fraction of sp³-hybridized carbons (Fsp3) is 0.444. The highest BCUT2D eigenvalue weighted by atomic mass is 16.5. The maximum absolute atomic E-state index is 12.9. The molecule has 1 atom stereocenters. The third kappa shape index (κ3) is 3.38. The van der Waals surface area contributed by atoms with Gasteiger partial charge in [0.15, 0.2) is 0 Å². The monoisotopic (exact) mass is 314 g/mol. The molecule has 5 nitrogen and oxygen atoms in total. The predicted octanol–water partition coefficient (Wildman–Crippen LogP) is 2.97. The van der Waals surface area contributed by atoms with Crippen LogP contribution in [0.15, 0.2) is 30.5 Å². The van der Waals surface area contributed by atoms with Crippen LogP contribution in [-0.4, -0.2) is 41.0 Å². The lowest BCUT2D eigenvalue weighted by Crippen LogP contribution is -2.39. The molecule has 1 saturated carbocycles. The van der Waals surface area contributed by atoms with Crippen molar-refractivity contribution in [3.05, 3.63) is 36.0 Å². The summed E-state index contributed by atoms with van der Waals surface area (Å²) < 4.78 is 5.06. The molecule has 0 spiro atoms. The van der Waals surface area contributed by atoms with Crippen LogP contribution in [0.2, 0.25) is 0 Å². The Hall–Kier alpha value is -2.30. The lowest BCUT2D eigenvalue weighted by molar-refractivity contribution is -0.147. The quantitative estimate of drug-likeness (QED) is 0.834. The van der Waals surface area contributed by atoms with Crippen LogP contribution in [0.1, 0.15) is 37.0 Å². The number of ether oxygens (including phenoxy) is 1. The highest BCUT2D eigenvalue weighted by Crippen LogP contribution is 2.29. The molecule has 0 saturated heterocycles. The van der Waals surface area contributed by atoms with Gasteiger partial charge >= 0.3 is 5.97 Å². The Morgan fingerprint density at radius 3 is 2.83 bits per heavy atom. The van der Waals surface area contributed by atoms with Crippen LogP contribution in [0.4, 0.5) is 0 Å². The first kappa shape index (κ1) is 15.6. The van der Waals surface area contributed by atoms with Crippen LogP contribution < -0.4 is 0 Å². The van der Waals surface area contributed by atoms with Crippen molar-refractivity contribution >= 4 is 22.8 Å². The Balaban J connectivity index is 1.77. The summed E-state index contributed by atoms with van der Waals surface area (Å²) in [7, 11) is 0. The molecule has 0 aliphatic heterocycles. The molecule has 0 bridgehead atoms. The molecule has 1 aliphatic rings. The van der Waals surface area contributed by atoms with Crippen molar-refractivity contribution in [1.82, 2.24) is 9.88 Å². The number of fused-ring (bicyclic) bond motifs is 1. The molecule has 1 aliphatic carbocycles. The Labute approximate surface area is 135 Å². The summed E-state index contributed by atoms with van der Waals surface area (Å²) in [6.45, 7) is 4.38. The second kappa shape index (κ2) is 6.44. The van der Waals surface area contributed by atoms with Gasteiger partial charge in [0.05, 0.1) is 12.5 Å². The number of H-pyrrole nitrogens is 1. The summed E-state index contributed by atoms with van der Waals surface area (Å²) in [6, 6.07) is 7.90. The molecule has 1 N–H and O–H groups in total. The molecule has 1 amide bonds. The first-order valence-corrected chi connectivity index (χ1v) is 8.15. The maximum Gasteiger partial charge on any atom is 0.310 e. The van der Waals surface area contributed by atoms with Crippen LogP contribution in [-0.2, 0) is 9.53 Å². The van der Waals surface area contributed by atoms with Gasteiger partial charge in [0.2, 0.25) is 0 Å². The number of nitrogens with one attached hydrogen (secondary N) is 1. The molecule has 1 aromatic carbocycles. The van der Waals surface area contributed by atoms with E-state index in [1.807, 2.05) is 42.3 Å². The van der Waals surface area contributed by atoms with Gasteiger partial charge in [-0.1, -0.05) is 13.0 Å². The Kier molecular flexibility index (Phi) is 4.37. The SMILES string of the molecule is CCOC(=O)C(C)CN(C(=O)c1ccc2cc[nH]c2c1)C1CC1. The first-order valence-electron chi connectivity index (χ1n) is 8.15. The predicted molar refractivity (Wildman–Crippen MR) is 88.2 cm³/mol. The van der Waals surface area contributed by atoms with Gasteiger partial charge in [-0.2, -0.15) is 0 Å². The molecular weight excluding hydrogens is 292 g/mol. The van der Waals surface area contributed by atoms with Crippen LogP contribution in [0, 0.1) is 5.92 Å². The number of nitrogens with zero attached hydrogens (tertiary/aromatic N) is 1. The number of amides is 1. The second-order valence-corrected chi connectivity index (χ2v) is 6.12. The molecule has 23 heavy (non-hydrogen) atoms. The minimum atomic E-state index is -0.311. The largest absolute Gasteiger partial charge is 0.466 e. The summed E-state index contributed by atoms with van der Waals surface area (Å²) in [4.78, 5) is 29.7. The zero-order valence-corrected chi connectivity index (χ0v) is 13.5. The average Bonchev–Trinajstić information content (AvgIpc) is 3.28. The van der Waals surface area contributed by atoms with Crippen LogP contribution in [0.3, 0.4) is 0 Å². The number of carbonyl (C=O) groups excluding carboxylic acids is 2. The number of aromatic amines is 1. The Bertz CT molecular complexity index is 718. The van der Waals surface area contributed by atoms with E-state index in [9.17, 15) is 9.59 Å². The number of hydrogen-bond acceptors (Lipinski definition) is 3. The van der Waals surface area contributed by atoms with E-state index in [4.69, 9.17) is 4.74 Å². The van der Waals surface area contributed by atoms with Crippen molar-refractivity contribution in [3.63, 3.8) is 0 Å². The topological polar surface area (TPSA) is 62.4 Å². The number of esters is 1. The van der Waals surface area contributed by atoms with Gasteiger partial charge in [-0.25, -0.2) is 0 Å². The van der Waals surface area contributed by atoms with Crippen molar-refractivity contribution in [2.45, 2.75) is 32.7 Å². The summed E-state index contributed by atoms with van der Waals surface area (Å²) >= 11 is 0. The van der Waals surface area contributed by atoms with Gasteiger partial charge in [-0.15, -0.1) is 0 Å². The number of rotatable bonds is 6. The van der Waals surface area contributed by atoms with E-state index < -0.39 is 0 Å². The summed E-state index contributed by atoms with van der Waals surface area (Å²) in [5, 5.41) is 1.08. The van der Waals surface area contributed by atoms with Crippen molar-refractivity contribution in [2.75, 3.05) is 13.2 Å². The molecule has 1 heterocycles. The zero-order valence-electron chi connectivity index (χ0n) is 13.5. The van der Waals surface area contributed by atoms with E-state index in [-0.39, 0.29) is 23.8 Å². The van der Waals surface area contributed by atoms with Crippen LogP contribution in [0.5, 0.6) is 0 Å². The highest BCUT2D eigenvalue weighted by Gasteiger charge is 2.35.